The Morgan fingerprint density at radius 1 is 1.26 bits per heavy atom. The molecule has 0 aliphatic carbocycles. The Morgan fingerprint density at radius 2 is 2.05 bits per heavy atom. The van der Waals surface area contributed by atoms with Crippen LogP contribution in [0, 0.1) is 19.7 Å². The SMILES string of the molecule is CNCc1cc(COc2ccc(C)c(F)c2)c(C)o1. The average Bonchev–Trinajstić information content (AvgIpc) is 2.72. The third kappa shape index (κ3) is 3.35. The molecule has 2 aromatic rings. The lowest BCUT2D eigenvalue weighted by Crippen LogP contribution is -2.03. The van der Waals surface area contributed by atoms with Gasteiger partial charge in [-0.25, -0.2) is 4.39 Å². The van der Waals surface area contributed by atoms with Crippen molar-refractivity contribution in [3.8, 4) is 5.75 Å². The second-order valence-electron chi connectivity index (χ2n) is 4.52. The molecular weight excluding hydrogens is 245 g/mol. The summed E-state index contributed by atoms with van der Waals surface area (Å²) in [6.45, 7) is 4.68. The predicted molar refractivity (Wildman–Crippen MR) is 71.7 cm³/mol. The first-order valence-corrected chi connectivity index (χ1v) is 6.22. The molecule has 2 rings (SSSR count). The summed E-state index contributed by atoms with van der Waals surface area (Å²) in [7, 11) is 1.86. The summed E-state index contributed by atoms with van der Waals surface area (Å²) < 4.78 is 24.5. The first-order valence-electron chi connectivity index (χ1n) is 6.22. The topological polar surface area (TPSA) is 34.4 Å². The molecule has 0 unspecified atom stereocenters. The van der Waals surface area contributed by atoms with Gasteiger partial charge in [0.25, 0.3) is 0 Å². The van der Waals surface area contributed by atoms with Gasteiger partial charge in [0.1, 0.15) is 29.7 Å². The van der Waals surface area contributed by atoms with Gasteiger partial charge in [-0.2, -0.15) is 0 Å². The summed E-state index contributed by atoms with van der Waals surface area (Å²) in [6.07, 6.45) is 0. The highest BCUT2D eigenvalue weighted by Gasteiger charge is 2.08. The number of halogens is 1. The number of benzene rings is 1. The Bertz CT molecular complexity index is 563. The number of furan rings is 1. The van der Waals surface area contributed by atoms with Gasteiger partial charge in [0.15, 0.2) is 0 Å². The average molecular weight is 263 g/mol. The van der Waals surface area contributed by atoms with Gasteiger partial charge in [-0.15, -0.1) is 0 Å². The second kappa shape index (κ2) is 5.89. The quantitative estimate of drug-likeness (QED) is 0.898. The summed E-state index contributed by atoms with van der Waals surface area (Å²) in [5.41, 5.74) is 1.59. The number of ether oxygens (including phenoxy) is 1. The third-order valence-electron chi connectivity index (χ3n) is 2.96. The lowest BCUT2D eigenvalue weighted by molar-refractivity contribution is 0.301. The molecule has 0 amide bonds. The fourth-order valence-corrected chi connectivity index (χ4v) is 1.82. The fourth-order valence-electron chi connectivity index (χ4n) is 1.82. The molecule has 3 nitrogen and oxygen atoms in total. The maximum Gasteiger partial charge on any atom is 0.129 e. The van der Waals surface area contributed by atoms with Crippen LogP contribution in [0.4, 0.5) is 4.39 Å². The van der Waals surface area contributed by atoms with Crippen molar-refractivity contribution in [3.05, 3.63) is 52.7 Å². The van der Waals surface area contributed by atoms with Gasteiger partial charge >= 0.3 is 0 Å². The number of rotatable bonds is 5. The first kappa shape index (κ1) is 13.6. The molecule has 19 heavy (non-hydrogen) atoms. The number of aryl methyl sites for hydroxylation is 2. The molecule has 102 valence electrons. The molecule has 1 heterocycles. The molecule has 1 aromatic heterocycles. The zero-order valence-corrected chi connectivity index (χ0v) is 11.4. The van der Waals surface area contributed by atoms with Crippen LogP contribution in [0.5, 0.6) is 5.75 Å². The van der Waals surface area contributed by atoms with E-state index in [1.165, 1.54) is 6.07 Å². The van der Waals surface area contributed by atoms with E-state index in [9.17, 15) is 4.39 Å². The molecule has 0 aliphatic heterocycles. The van der Waals surface area contributed by atoms with E-state index < -0.39 is 0 Å². The normalized spacial score (nSPS) is 10.7. The Hall–Kier alpha value is -1.81. The van der Waals surface area contributed by atoms with Crippen molar-refractivity contribution in [2.45, 2.75) is 27.0 Å². The summed E-state index contributed by atoms with van der Waals surface area (Å²) in [5.74, 6) is 1.97. The third-order valence-corrected chi connectivity index (χ3v) is 2.96. The monoisotopic (exact) mass is 263 g/mol. The van der Waals surface area contributed by atoms with E-state index >= 15 is 0 Å². The fraction of sp³-hybridized carbons (Fsp3) is 0.333. The zero-order valence-electron chi connectivity index (χ0n) is 11.4. The molecule has 0 radical (unpaired) electrons. The predicted octanol–water partition coefficient (Wildman–Crippen LogP) is 3.33. The standard InChI is InChI=1S/C15H18FNO2/c1-10-4-5-13(7-15(10)16)18-9-12-6-14(8-17-3)19-11(12)2/h4-7,17H,8-9H2,1-3H3. The lowest BCUT2D eigenvalue weighted by Gasteiger charge is -2.06. The van der Waals surface area contributed by atoms with Crippen LogP contribution in [-0.2, 0) is 13.2 Å². The maximum atomic E-state index is 13.4. The van der Waals surface area contributed by atoms with Crippen LogP contribution >= 0.6 is 0 Å². The van der Waals surface area contributed by atoms with Gasteiger partial charge < -0.3 is 14.5 Å². The van der Waals surface area contributed by atoms with Crippen LogP contribution in [0.3, 0.4) is 0 Å². The van der Waals surface area contributed by atoms with E-state index in [0.717, 1.165) is 17.1 Å². The number of hydrogen-bond donors (Lipinski definition) is 1. The molecule has 0 bridgehead atoms. The van der Waals surface area contributed by atoms with Crippen molar-refractivity contribution in [2.24, 2.45) is 0 Å². The van der Waals surface area contributed by atoms with E-state index in [1.807, 2.05) is 20.0 Å². The van der Waals surface area contributed by atoms with Crippen LogP contribution < -0.4 is 10.1 Å². The van der Waals surface area contributed by atoms with Gasteiger partial charge in [0, 0.05) is 11.6 Å². The minimum Gasteiger partial charge on any atom is -0.489 e. The number of hydrogen-bond acceptors (Lipinski definition) is 3. The van der Waals surface area contributed by atoms with Gasteiger partial charge in [0.05, 0.1) is 6.54 Å². The van der Waals surface area contributed by atoms with E-state index in [2.05, 4.69) is 5.32 Å². The van der Waals surface area contributed by atoms with Crippen molar-refractivity contribution in [1.29, 1.82) is 0 Å². The van der Waals surface area contributed by atoms with Crippen molar-refractivity contribution in [1.82, 2.24) is 5.32 Å². The molecule has 1 N–H and O–H groups in total. The highest BCUT2D eigenvalue weighted by molar-refractivity contribution is 5.29. The Kier molecular flexibility index (Phi) is 4.22. The molecule has 0 spiro atoms. The van der Waals surface area contributed by atoms with Crippen molar-refractivity contribution in [3.63, 3.8) is 0 Å². The van der Waals surface area contributed by atoms with Gasteiger partial charge in [-0.3, -0.25) is 0 Å². The molecule has 0 saturated carbocycles. The van der Waals surface area contributed by atoms with Crippen LogP contribution in [0.15, 0.2) is 28.7 Å². The van der Waals surface area contributed by atoms with E-state index in [-0.39, 0.29) is 5.82 Å². The summed E-state index contributed by atoms with van der Waals surface area (Å²) in [4.78, 5) is 0. The Labute approximate surface area is 112 Å². The second-order valence-corrected chi connectivity index (χ2v) is 4.52. The Morgan fingerprint density at radius 3 is 2.74 bits per heavy atom. The first-order chi connectivity index (χ1) is 9.10. The zero-order chi connectivity index (χ0) is 13.8. The molecular formula is C15H18FNO2. The summed E-state index contributed by atoms with van der Waals surface area (Å²) in [6, 6.07) is 6.83. The van der Waals surface area contributed by atoms with Crippen molar-refractivity contribution >= 4 is 0 Å². The van der Waals surface area contributed by atoms with Gasteiger partial charge in [-0.05, 0) is 38.6 Å². The number of nitrogens with one attached hydrogen (secondary N) is 1. The van der Waals surface area contributed by atoms with Crippen molar-refractivity contribution in [2.75, 3.05) is 7.05 Å². The van der Waals surface area contributed by atoms with Crippen LogP contribution in [0.1, 0.15) is 22.6 Å². The molecule has 0 fully saturated rings. The lowest BCUT2D eigenvalue weighted by atomic mass is 10.2. The highest BCUT2D eigenvalue weighted by Crippen LogP contribution is 2.20. The van der Waals surface area contributed by atoms with Gasteiger partial charge in [0.2, 0.25) is 0 Å². The molecule has 0 saturated heterocycles. The van der Waals surface area contributed by atoms with E-state index in [1.54, 1.807) is 19.1 Å². The van der Waals surface area contributed by atoms with Crippen molar-refractivity contribution < 1.29 is 13.5 Å². The van der Waals surface area contributed by atoms with Crippen LogP contribution in [0.25, 0.3) is 0 Å². The molecule has 1 aromatic carbocycles. The summed E-state index contributed by atoms with van der Waals surface area (Å²) in [5, 5.41) is 3.03. The van der Waals surface area contributed by atoms with Crippen LogP contribution in [0.2, 0.25) is 0 Å². The molecule has 0 atom stereocenters. The Balaban J connectivity index is 2.03. The molecule has 4 heteroatoms. The summed E-state index contributed by atoms with van der Waals surface area (Å²) >= 11 is 0. The smallest absolute Gasteiger partial charge is 0.129 e. The largest absolute Gasteiger partial charge is 0.489 e. The highest BCUT2D eigenvalue weighted by atomic mass is 19.1. The minimum absolute atomic E-state index is 0.253. The van der Waals surface area contributed by atoms with Gasteiger partial charge in [-0.1, -0.05) is 6.07 Å². The minimum atomic E-state index is -0.253. The maximum absolute atomic E-state index is 13.4. The molecule has 0 aliphatic rings. The van der Waals surface area contributed by atoms with E-state index in [4.69, 9.17) is 9.15 Å². The van der Waals surface area contributed by atoms with E-state index in [0.29, 0.717) is 24.5 Å². The van der Waals surface area contributed by atoms with Crippen LogP contribution in [-0.4, -0.2) is 7.05 Å².